The maximum atomic E-state index is 14.3. The molecule has 2 fully saturated rings. The number of carboxylic acids is 1. The quantitative estimate of drug-likeness (QED) is 0.457. The summed E-state index contributed by atoms with van der Waals surface area (Å²) in [6, 6.07) is 7.26. The summed E-state index contributed by atoms with van der Waals surface area (Å²) in [5.74, 6) is -3.65. The minimum atomic E-state index is -1.01. The molecule has 232 valence electrons. The van der Waals surface area contributed by atoms with Crippen LogP contribution in [0.2, 0.25) is 10.0 Å². The van der Waals surface area contributed by atoms with Crippen molar-refractivity contribution in [3.8, 4) is 5.75 Å². The van der Waals surface area contributed by atoms with Gasteiger partial charge in [-0.05, 0) is 43.0 Å². The Hall–Kier alpha value is -3.63. The van der Waals surface area contributed by atoms with Gasteiger partial charge in [0.1, 0.15) is 11.9 Å². The average Bonchev–Trinajstić information content (AvgIpc) is 3.58. The van der Waals surface area contributed by atoms with E-state index in [0.29, 0.717) is 60.7 Å². The Kier molecular flexibility index (Phi) is 8.32. The molecule has 44 heavy (non-hydrogen) atoms. The van der Waals surface area contributed by atoms with Gasteiger partial charge in [0.15, 0.2) is 0 Å². The van der Waals surface area contributed by atoms with Crippen molar-refractivity contribution in [1.82, 2.24) is 14.7 Å². The third-order valence-electron chi connectivity index (χ3n) is 9.43. The first kappa shape index (κ1) is 30.4. The van der Waals surface area contributed by atoms with Gasteiger partial charge in [-0.25, -0.2) is 0 Å². The van der Waals surface area contributed by atoms with Crippen molar-refractivity contribution >= 4 is 52.8 Å². The Labute approximate surface area is 264 Å². The molecule has 1 saturated carbocycles. The minimum Gasteiger partial charge on any atom is -0.487 e. The highest BCUT2D eigenvalue weighted by atomic mass is 35.5. The number of hydrogen-bond donors (Lipinski definition) is 1. The molecular weight excluding hydrogens is 609 g/mol. The Balaban J connectivity index is 1.43. The SMILES string of the molecule is CC(=O)N1CCC(Oc2c(Cl)cc(Cl)c3c2[C@@H](CN2C(=O)c4ccccc4C2=O)N(C(=O)C2CCCC[C@H]2C(=O)O)CC3)C1. The second kappa shape index (κ2) is 12.0. The van der Waals surface area contributed by atoms with Crippen LogP contribution in [0.5, 0.6) is 5.75 Å². The maximum absolute atomic E-state index is 14.3. The molecule has 0 radical (unpaired) electrons. The van der Waals surface area contributed by atoms with E-state index in [0.717, 1.165) is 17.7 Å². The fourth-order valence-corrected chi connectivity index (χ4v) is 7.79. The molecule has 0 spiro atoms. The molecule has 3 heterocycles. The van der Waals surface area contributed by atoms with Crippen LogP contribution in [-0.4, -0.2) is 81.7 Å². The fourth-order valence-electron chi connectivity index (χ4n) is 7.17. The first-order valence-electron chi connectivity index (χ1n) is 15.0. The van der Waals surface area contributed by atoms with Crippen LogP contribution < -0.4 is 4.74 Å². The van der Waals surface area contributed by atoms with E-state index in [1.54, 1.807) is 40.1 Å². The lowest BCUT2D eigenvalue weighted by molar-refractivity contribution is -0.153. The van der Waals surface area contributed by atoms with Crippen LogP contribution in [0, 0.1) is 11.8 Å². The van der Waals surface area contributed by atoms with Gasteiger partial charge in [0.2, 0.25) is 11.8 Å². The number of carbonyl (C=O) groups is 5. The van der Waals surface area contributed by atoms with Crippen molar-refractivity contribution in [3.05, 3.63) is 62.6 Å². The maximum Gasteiger partial charge on any atom is 0.307 e. The number of carbonyl (C=O) groups excluding carboxylic acids is 4. The van der Waals surface area contributed by atoms with Gasteiger partial charge < -0.3 is 19.6 Å². The predicted molar refractivity (Wildman–Crippen MR) is 161 cm³/mol. The zero-order chi connectivity index (χ0) is 31.3. The van der Waals surface area contributed by atoms with Gasteiger partial charge in [0, 0.05) is 37.0 Å². The number of amides is 4. The second-order valence-corrected chi connectivity index (χ2v) is 12.8. The van der Waals surface area contributed by atoms with Crippen LogP contribution in [0.15, 0.2) is 30.3 Å². The van der Waals surface area contributed by atoms with Crippen LogP contribution in [-0.2, 0) is 20.8 Å². The third-order valence-corrected chi connectivity index (χ3v) is 10.1. The van der Waals surface area contributed by atoms with E-state index >= 15 is 0 Å². The summed E-state index contributed by atoms with van der Waals surface area (Å²) in [7, 11) is 0. The van der Waals surface area contributed by atoms with Gasteiger partial charge in [-0.15, -0.1) is 0 Å². The fraction of sp³-hybridized carbons (Fsp3) is 0.469. The monoisotopic (exact) mass is 641 g/mol. The van der Waals surface area contributed by atoms with Crippen molar-refractivity contribution < 1.29 is 33.8 Å². The number of hydrogen-bond acceptors (Lipinski definition) is 6. The first-order valence-corrected chi connectivity index (χ1v) is 15.7. The van der Waals surface area contributed by atoms with Crippen molar-refractivity contribution in [3.63, 3.8) is 0 Å². The number of benzene rings is 2. The van der Waals surface area contributed by atoms with Gasteiger partial charge in [0.25, 0.3) is 11.8 Å². The van der Waals surface area contributed by atoms with Crippen molar-refractivity contribution in [2.24, 2.45) is 11.8 Å². The molecule has 1 aliphatic carbocycles. The molecule has 2 unspecified atom stereocenters. The Morgan fingerprint density at radius 3 is 2.23 bits per heavy atom. The van der Waals surface area contributed by atoms with Gasteiger partial charge in [-0.2, -0.15) is 0 Å². The molecule has 10 nitrogen and oxygen atoms in total. The van der Waals surface area contributed by atoms with Crippen LogP contribution >= 0.6 is 23.2 Å². The van der Waals surface area contributed by atoms with E-state index in [1.165, 1.54) is 6.92 Å². The molecule has 2 aromatic carbocycles. The number of aliphatic carboxylic acids is 1. The summed E-state index contributed by atoms with van der Waals surface area (Å²) in [4.78, 5) is 69.9. The van der Waals surface area contributed by atoms with E-state index in [2.05, 4.69) is 0 Å². The summed E-state index contributed by atoms with van der Waals surface area (Å²) in [5.41, 5.74) is 1.75. The summed E-state index contributed by atoms with van der Waals surface area (Å²) in [6.07, 6.45) is 2.84. The van der Waals surface area contributed by atoms with Crippen LogP contribution in [0.3, 0.4) is 0 Å². The van der Waals surface area contributed by atoms with Crippen LogP contribution in [0.4, 0.5) is 0 Å². The summed E-state index contributed by atoms with van der Waals surface area (Å²) in [6.45, 7) is 2.40. The standard InChI is InChI=1S/C32H33Cl2N3O7/c1-17(38)35-12-10-18(15-35)44-28-25(34)14-24(33)23-11-13-36(29(39)21-8-4-5-9-22(21)32(42)43)26(27(23)28)16-37-30(40)19-6-2-3-7-20(19)31(37)41/h2-3,6-7,14,18,21-22,26H,4-5,8-13,15-16H2,1H3,(H,42,43)/t18?,21?,22-,26-/m1/s1. The van der Waals surface area contributed by atoms with E-state index in [-0.39, 0.29) is 47.2 Å². The second-order valence-electron chi connectivity index (χ2n) is 12.0. The topological polar surface area (TPSA) is 125 Å². The number of fused-ring (bicyclic) bond motifs is 2. The number of nitrogens with zero attached hydrogens (tertiary/aromatic N) is 3. The Bertz CT molecular complexity index is 1530. The number of imide groups is 1. The molecule has 6 rings (SSSR count). The van der Waals surface area contributed by atoms with E-state index in [1.807, 2.05) is 0 Å². The van der Waals surface area contributed by atoms with E-state index in [4.69, 9.17) is 27.9 Å². The molecule has 4 atom stereocenters. The lowest BCUT2D eigenvalue weighted by Crippen LogP contribution is -2.50. The van der Waals surface area contributed by atoms with E-state index in [9.17, 15) is 29.1 Å². The van der Waals surface area contributed by atoms with Crippen molar-refractivity contribution in [2.75, 3.05) is 26.2 Å². The molecule has 0 aromatic heterocycles. The van der Waals surface area contributed by atoms with Crippen molar-refractivity contribution in [2.45, 2.75) is 57.6 Å². The summed E-state index contributed by atoms with van der Waals surface area (Å²) < 4.78 is 6.48. The molecule has 1 saturated heterocycles. The highest BCUT2D eigenvalue weighted by molar-refractivity contribution is 6.36. The van der Waals surface area contributed by atoms with Gasteiger partial charge >= 0.3 is 5.97 Å². The van der Waals surface area contributed by atoms with Gasteiger partial charge in [-0.1, -0.05) is 48.2 Å². The third kappa shape index (κ3) is 5.32. The van der Waals surface area contributed by atoms with Crippen LogP contribution in [0.25, 0.3) is 0 Å². The summed E-state index contributed by atoms with van der Waals surface area (Å²) >= 11 is 13.5. The van der Waals surface area contributed by atoms with Crippen LogP contribution in [0.1, 0.15) is 76.9 Å². The number of halogens is 2. The Morgan fingerprint density at radius 1 is 0.955 bits per heavy atom. The van der Waals surface area contributed by atoms with Crippen molar-refractivity contribution in [1.29, 1.82) is 0 Å². The first-order chi connectivity index (χ1) is 21.1. The summed E-state index contributed by atoms with van der Waals surface area (Å²) in [5, 5.41) is 10.5. The Morgan fingerprint density at radius 2 is 1.61 bits per heavy atom. The molecule has 3 aliphatic heterocycles. The van der Waals surface area contributed by atoms with Gasteiger partial charge in [-0.3, -0.25) is 28.9 Å². The normalized spacial score (nSPS) is 24.8. The van der Waals surface area contributed by atoms with Gasteiger partial charge in [0.05, 0.1) is 47.1 Å². The molecule has 1 N–H and O–H groups in total. The number of carboxylic acid groups (broad SMARTS) is 1. The zero-order valence-electron chi connectivity index (χ0n) is 24.3. The smallest absolute Gasteiger partial charge is 0.307 e. The molecule has 2 aromatic rings. The molecule has 12 heteroatoms. The number of ether oxygens (including phenoxy) is 1. The molecule has 4 amide bonds. The number of rotatable bonds is 6. The lowest BCUT2D eigenvalue weighted by atomic mass is 9.77. The molecule has 4 aliphatic rings. The van der Waals surface area contributed by atoms with E-state index < -0.39 is 35.7 Å². The highest BCUT2D eigenvalue weighted by Crippen LogP contribution is 2.47. The minimum absolute atomic E-state index is 0.0685. The molecular formula is C32H33Cl2N3O7. The number of likely N-dealkylation sites (tertiary alicyclic amines) is 1. The largest absolute Gasteiger partial charge is 0.487 e. The average molecular weight is 643 g/mol. The zero-order valence-corrected chi connectivity index (χ0v) is 25.8. The molecule has 0 bridgehead atoms. The predicted octanol–water partition coefficient (Wildman–Crippen LogP) is 4.61. The lowest BCUT2D eigenvalue weighted by Gasteiger charge is -2.43. The highest BCUT2D eigenvalue weighted by Gasteiger charge is 2.46.